The third kappa shape index (κ3) is 2.29. The van der Waals surface area contributed by atoms with Crippen LogP contribution in [0.5, 0.6) is 0 Å². The molecule has 1 aromatic rings. The summed E-state index contributed by atoms with van der Waals surface area (Å²) in [5, 5.41) is 2.60. The van der Waals surface area contributed by atoms with Crippen molar-refractivity contribution < 1.29 is 9.18 Å². The number of carbonyl (C=O) groups is 1. The molecule has 0 unspecified atom stereocenters. The van der Waals surface area contributed by atoms with Gasteiger partial charge in [-0.25, -0.2) is 9.37 Å². The number of amides is 1. The van der Waals surface area contributed by atoms with Gasteiger partial charge in [0.15, 0.2) is 11.6 Å². The second-order valence-corrected chi connectivity index (χ2v) is 3.78. The van der Waals surface area contributed by atoms with Crippen LogP contribution in [0, 0.1) is 5.82 Å². The van der Waals surface area contributed by atoms with E-state index < -0.39 is 5.82 Å². The molecule has 1 amide bonds. The molecule has 0 aliphatic carbocycles. The van der Waals surface area contributed by atoms with Crippen LogP contribution in [0.15, 0.2) is 12.3 Å². The predicted octanol–water partition coefficient (Wildman–Crippen LogP) is 1.74. The van der Waals surface area contributed by atoms with Crippen molar-refractivity contribution in [3.05, 3.63) is 23.6 Å². The van der Waals surface area contributed by atoms with Crippen molar-refractivity contribution in [1.29, 1.82) is 0 Å². The van der Waals surface area contributed by atoms with Crippen LogP contribution in [0.3, 0.4) is 0 Å². The zero-order chi connectivity index (χ0) is 12.3. The van der Waals surface area contributed by atoms with E-state index in [1.807, 2.05) is 13.8 Å². The molecule has 16 heavy (non-hydrogen) atoms. The van der Waals surface area contributed by atoms with Crippen molar-refractivity contribution in [3.8, 4) is 0 Å². The number of hydrogen-bond donors (Lipinski definition) is 1. The predicted molar refractivity (Wildman–Crippen MR) is 61.0 cm³/mol. The van der Waals surface area contributed by atoms with Crippen molar-refractivity contribution in [2.45, 2.75) is 19.9 Å². The number of rotatable bonds is 3. The number of anilines is 1. The van der Waals surface area contributed by atoms with Crippen LogP contribution < -0.4 is 5.32 Å². The average molecular weight is 225 g/mol. The zero-order valence-corrected chi connectivity index (χ0v) is 9.91. The monoisotopic (exact) mass is 225 g/mol. The van der Waals surface area contributed by atoms with Crippen molar-refractivity contribution in [1.82, 2.24) is 9.88 Å². The fraction of sp³-hybridized carbons (Fsp3) is 0.455. The lowest BCUT2D eigenvalue weighted by atomic mass is 10.2. The first-order chi connectivity index (χ1) is 7.49. The first kappa shape index (κ1) is 12.4. The number of carbonyl (C=O) groups excluding carboxylic acids is 1. The average Bonchev–Trinajstić information content (AvgIpc) is 2.27. The molecule has 4 nitrogen and oxygen atoms in total. The highest BCUT2D eigenvalue weighted by atomic mass is 19.1. The molecular formula is C11H16FN3O. The molecule has 0 aromatic carbocycles. The summed E-state index contributed by atoms with van der Waals surface area (Å²) in [6.07, 6.45) is 1.41. The highest BCUT2D eigenvalue weighted by molar-refractivity contribution is 5.95. The molecule has 0 radical (unpaired) electrons. The first-order valence-corrected chi connectivity index (χ1v) is 5.08. The number of halogens is 1. The number of hydrogen-bond acceptors (Lipinski definition) is 3. The van der Waals surface area contributed by atoms with E-state index in [0.29, 0.717) is 0 Å². The van der Waals surface area contributed by atoms with Crippen LogP contribution in [-0.2, 0) is 0 Å². The van der Waals surface area contributed by atoms with Gasteiger partial charge in [0.1, 0.15) is 0 Å². The molecule has 1 N–H and O–H groups in total. The van der Waals surface area contributed by atoms with Gasteiger partial charge in [-0.15, -0.1) is 0 Å². The molecule has 1 aromatic heterocycles. The Morgan fingerprint density at radius 2 is 2.19 bits per heavy atom. The van der Waals surface area contributed by atoms with Gasteiger partial charge in [0, 0.05) is 26.3 Å². The lowest BCUT2D eigenvalue weighted by Crippen LogP contribution is -2.33. The summed E-state index contributed by atoms with van der Waals surface area (Å²) in [5.41, 5.74) is 0.0375. The maximum atomic E-state index is 13.8. The van der Waals surface area contributed by atoms with Crippen molar-refractivity contribution in [2.24, 2.45) is 0 Å². The van der Waals surface area contributed by atoms with Crippen molar-refractivity contribution >= 4 is 11.7 Å². The third-order valence-corrected chi connectivity index (χ3v) is 2.45. The van der Waals surface area contributed by atoms with Gasteiger partial charge in [0.25, 0.3) is 5.91 Å². The smallest absolute Gasteiger partial charge is 0.257 e. The summed E-state index contributed by atoms with van der Waals surface area (Å²) in [4.78, 5) is 17.2. The molecule has 1 heterocycles. The van der Waals surface area contributed by atoms with Gasteiger partial charge >= 0.3 is 0 Å². The lowest BCUT2D eigenvalue weighted by Gasteiger charge is -2.21. The number of nitrogens with zero attached hydrogens (tertiary/aromatic N) is 2. The Hall–Kier alpha value is -1.65. The number of aromatic nitrogens is 1. The van der Waals surface area contributed by atoms with Crippen molar-refractivity contribution in [2.75, 3.05) is 19.4 Å². The summed E-state index contributed by atoms with van der Waals surface area (Å²) < 4.78 is 13.8. The lowest BCUT2D eigenvalue weighted by molar-refractivity contribution is 0.0750. The Labute approximate surface area is 94.5 Å². The van der Waals surface area contributed by atoms with E-state index in [1.54, 1.807) is 14.1 Å². The zero-order valence-electron chi connectivity index (χ0n) is 9.91. The van der Waals surface area contributed by atoms with E-state index in [0.717, 1.165) is 0 Å². The van der Waals surface area contributed by atoms with E-state index in [9.17, 15) is 9.18 Å². The number of pyridine rings is 1. The molecule has 0 atom stereocenters. The second-order valence-electron chi connectivity index (χ2n) is 3.78. The van der Waals surface area contributed by atoms with Crippen LogP contribution in [-0.4, -0.2) is 35.9 Å². The summed E-state index contributed by atoms with van der Waals surface area (Å²) >= 11 is 0. The molecule has 0 spiro atoms. The highest BCUT2D eigenvalue weighted by Gasteiger charge is 2.20. The molecule has 0 saturated heterocycles. The first-order valence-electron chi connectivity index (χ1n) is 5.08. The third-order valence-electron chi connectivity index (χ3n) is 2.45. The fourth-order valence-corrected chi connectivity index (χ4v) is 1.21. The van der Waals surface area contributed by atoms with E-state index in [4.69, 9.17) is 0 Å². The minimum atomic E-state index is -0.609. The van der Waals surface area contributed by atoms with Crippen LogP contribution in [0.25, 0.3) is 0 Å². The molecular weight excluding hydrogens is 209 g/mol. The molecule has 0 fully saturated rings. The maximum absolute atomic E-state index is 13.8. The molecule has 1 rings (SSSR count). The SMILES string of the molecule is CNc1nccc(C(=O)N(C)C(C)C)c1F. The van der Waals surface area contributed by atoms with Crippen LogP contribution in [0.4, 0.5) is 10.2 Å². The van der Waals surface area contributed by atoms with Crippen LogP contribution >= 0.6 is 0 Å². The Balaban J connectivity index is 3.09. The highest BCUT2D eigenvalue weighted by Crippen LogP contribution is 2.16. The molecule has 0 bridgehead atoms. The van der Waals surface area contributed by atoms with Gasteiger partial charge < -0.3 is 10.2 Å². The summed E-state index contributed by atoms with van der Waals surface area (Å²) in [5.74, 6) is -0.864. The minimum Gasteiger partial charge on any atom is -0.371 e. The maximum Gasteiger partial charge on any atom is 0.257 e. The molecule has 0 aliphatic heterocycles. The molecule has 0 saturated carbocycles. The van der Waals surface area contributed by atoms with E-state index in [2.05, 4.69) is 10.3 Å². The summed E-state index contributed by atoms with van der Waals surface area (Å²) in [7, 11) is 3.21. The molecule has 5 heteroatoms. The van der Waals surface area contributed by atoms with E-state index in [-0.39, 0.29) is 23.3 Å². The normalized spacial score (nSPS) is 10.4. The van der Waals surface area contributed by atoms with Crippen molar-refractivity contribution in [3.63, 3.8) is 0 Å². The Morgan fingerprint density at radius 1 is 1.56 bits per heavy atom. The summed E-state index contributed by atoms with van der Waals surface area (Å²) in [6.45, 7) is 3.74. The van der Waals surface area contributed by atoms with Crippen LogP contribution in [0.2, 0.25) is 0 Å². The molecule has 0 aliphatic rings. The second kappa shape index (κ2) is 4.92. The Morgan fingerprint density at radius 3 is 2.69 bits per heavy atom. The minimum absolute atomic E-state index is 0.0260. The van der Waals surface area contributed by atoms with E-state index >= 15 is 0 Å². The van der Waals surface area contributed by atoms with Gasteiger partial charge in [-0.1, -0.05) is 0 Å². The van der Waals surface area contributed by atoms with Gasteiger partial charge in [-0.3, -0.25) is 4.79 Å². The van der Waals surface area contributed by atoms with Gasteiger partial charge in [0.05, 0.1) is 5.56 Å². The fourth-order valence-electron chi connectivity index (χ4n) is 1.21. The van der Waals surface area contributed by atoms with Gasteiger partial charge in [0.2, 0.25) is 0 Å². The largest absolute Gasteiger partial charge is 0.371 e. The quantitative estimate of drug-likeness (QED) is 0.852. The standard InChI is InChI=1S/C11H16FN3O/c1-7(2)15(4)11(16)8-5-6-14-10(13-3)9(8)12/h5-7H,1-4H3,(H,13,14). The summed E-state index contributed by atoms with van der Waals surface area (Å²) in [6, 6.07) is 1.41. The van der Waals surface area contributed by atoms with Gasteiger partial charge in [-0.2, -0.15) is 0 Å². The molecule has 88 valence electrons. The Bertz CT molecular complexity index is 393. The number of nitrogens with one attached hydrogen (secondary N) is 1. The van der Waals surface area contributed by atoms with Crippen LogP contribution in [0.1, 0.15) is 24.2 Å². The van der Waals surface area contributed by atoms with Gasteiger partial charge in [-0.05, 0) is 19.9 Å². The Kier molecular flexibility index (Phi) is 3.82. The topological polar surface area (TPSA) is 45.2 Å². The van der Waals surface area contributed by atoms with E-state index in [1.165, 1.54) is 17.2 Å².